The van der Waals surface area contributed by atoms with Crippen LogP contribution in [0.1, 0.15) is 33.4 Å². The number of rotatable bonds is 2. The van der Waals surface area contributed by atoms with E-state index in [0.717, 1.165) is 0 Å². The van der Waals surface area contributed by atoms with Crippen LogP contribution in [0.4, 0.5) is 0 Å². The Morgan fingerprint density at radius 1 is 0.526 bits per heavy atom. The maximum absolute atomic E-state index is 2.25. The second-order valence-electron chi connectivity index (χ2n) is 5.36. The number of aryl methyl sites for hydroxylation is 2. The summed E-state index contributed by atoms with van der Waals surface area (Å²) in [5.74, 6) is 0. The monoisotopic (exact) mass is 270 g/mol. The van der Waals surface area contributed by atoms with Crippen LogP contribution in [0.15, 0.2) is 34.1 Å². The molecule has 2 aromatic rings. The fourth-order valence-electron chi connectivity index (χ4n) is 2.20. The predicted octanol–water partition coefficient (Wildman–Crippen LogP) is 5.69. The summed E-state index contributed by atoms with van der Waals surface area (Å²) in [4.78, 5) is 2.74. The normalized spacial score (nSPS) is 10.8. The van der Waals surface area contributed by atoms with Crippen molar-refractivity contribution in [2.24, 2.45) is 0 Å². The molecule has 0 aliphatic rings. The van der Waals surface area contributed by atoms with Crippen molar-refractivity contribution in [3.05, 3.63) is 57.6 Å². The largest absolute Gasteiger partial charge is 0.0895 e. The Balaban J connectivity index is 2.43. The molecule has 0 radical (unpaired) electrons. The molecule has 2 aromatic carbocycles. The molecule has 2 rings (SSSR count). The summed E-state index contributed by atoms with van der Waals surface area (Å²) < 4.78 is 0. The zero-order valence-corrected chi connectivity index (χ0v) is 13.5. The Labute approximate surface area is 121 Å². The molecule has 0 fully saturated rings. The lowest BCUT2D eigenvalue weighted by molar-refractivity contribution is 1.16. The van der Waals surface area contributed by atoms with Crippen LogP contribution < -0.4 is 0 Å². The van der Waals surface area contributed by atoms with Crippen molar-refractivity contribution in [3.63, 3.8) is 0 Å². The number of hydrogen-bond acceptors (Lipinski definition) is 1. The molecule has 0 saturated carbocycles. The Hall–Kier alpha value is -1.21. The third-order valence-corrected chi connectivity index (χ3v) is 5.56. The van der Waals surface area contributed by atoms with Gasteiger partial charge in [-0.15, -0.1) is 0 Å². The van der Waals surface area contributed by atoms with Gasteiger partial charge in [-0.2, -0.15) is 0 Å². The molecule has 0 amide bonds. The first kappa shape index (κ1) is 14.2. The van der Waals surface area contributed by atoms with Gasteiger partial charge < -0.3 is 0 Å². The van der Waals surface area contributed by atoms with Gasteiger partial charge in [0.15, 0.2) is 0 Å². The molecule has 0 aliphatic carbocycles. The van der Waals surface area contributed by atoms with E-state index < -0.39 is 0 Å². The quantitative estimate of drug-likeness (QED) is 0.675. The van der Waals surface area contributed by atoms with E-state index in [-0.39, 0.29) is 0 Å². The van der Waals surface area contributed by atoms with Gasteiger partial charge in [0, 0.05) is 9.79 Å². The van der Waals surface area contributed by atoms with Crippen molar-refractivity contribution in [2.75, 3.05) is 0 Å². The maximum atomic E-state index is 2.25. The number of benzene rings is 2. The van der Waals surface area contributed by atoms with E-state index in [1.54, 1.807) is 0 Å². The van der Waals surface area contributed by atoms with E-state index in [4.69, 9.17) is 0 Å². The average molecular weight is 270 g/mol. The first-order valence-corrected chi connectivity index (χ1v) is 7.55. The fraction of sp³-hybridized carbons (Fsp3) is 0.333. The minimum absolute atomic E-state index is 1.37. The van der Waals surface area contributed by atoms with Crippen LogP contribution in [0, 0.1) is 41.5 Å². The molecular formula is C18H22S. The standard InChI is InChI=1S/C18H22S/c1-11-7-9-17(15(5)13(11)3)19-18-10-8-12(2)14(4)16(18)6/h7-10H,1-6H3. The molecule has 0 unspecified atom stereocenters. The zero-order chi connectivity index (χ0) is 14.2. The third-order valence-electron chi connectivity index (χ3n) is 4.24. The SMILES string of the molecule is Cc1ccc(Sc2ccc(C)c(C)c2C)c(C)c1C. The molecule has 0 aliphatic heterocycles. The van der Waals surface area contributed by atoms with Crippen LogP contribution in [0.3, 0.4) is 0 Å². The van der Waals surface area contributed by atoms with Gasteiger partial charge in [0.1, 0.15) is 0 Å². The molecule has 0 atom stereocenters. The van der Waals surface area contributed by atoms with Gasteiger partial charge in [0.25, 0.3) is 0 Å². The van der Waals surface area contributed by atoms with Gasteiger partial charge in [-0.05, 0) is 87.1 Å². The van der Waals surface area contributed by atoms with E-state index in [9.17, 15) is 0 Å². The summed E-state index contributed by atoms with van der Waals surface area (Å²) in [5, 5.41) is 0. The Bertz CT molecular complexity index is 569. The molecule has 0 N–H and O–H groups in total. The summed E-state index contributed by atoms with van der Waals surface area (Å²) in [7, 11) is 0. The lowest BCUT2D eigenvalue weighted by Crippen LogP contribution is -1.92. The lowest BCUT2D eigenvalue weighted by atomic mass is 10.0. The van der Waals surface area contributed by atoms with Gasteiger partial charge in [0.05, 0.1) is 0 Å². The molecule has 1 heteroatoms. The smallest absolute Gasteiger partial charge is 0.0154 e. The second kappa shape index (κ2) is 5.42. The molecule has 100 valence electrons. The van der Waals surface area contributed by atoms with Crippen molar-refractivity contribution < 1.29 is 0 Å². The van der Waals surface area contributed by atoms with Gasteiger partial charge in [-0.25, -0.2) is 0 Å². The highest BCUT2D eigenvalue weighted by Crippen LogP contribution is 2.35. The molecular weight excluding hydrogens is 248 g/mol. The Kier molecular flexibility index (Phi) is 4.05. The van der Waals surface area contributed by atoms with Crippen molar-refractivity contribution >= 4 is 11.8 Å². The van der Waals surface area contributed by atoms with Crippen LogP contribution in [0.5, 0.6) is 0 Å². The Morgan fingerprint density at radius 2 is 0.895 bits per heavy atom. The number of hydrogen-bond donors (Lipinski definition) is 0. The molecule has 0 bridgehead atoms. The van der Waals surface area contributed by atoms with E-state index in [0.29, 0.717) is 0 Å². The van der Waals surface area contributed by atoms with Crippen LogP contribution in [-0.4, -0.2) is 0 Å². The van der Waals surface area contributed by atoms with Crippen molar-refractivity contribution in [3.8, 4) is 0 Å². The average Bonchev–Trinajstić information content (AvgIpc) is 2.39. The van der Waals surface area contributed by atoms with Crippen LogP contribution >= 0.6 is 11.8 Å². The highest BCUT2D eigenvalue weighted by Gasteiger charge is 2.09. The molecule has 19 heavy (non-hydrogen) atoms. The maximum Gasteiger partial charge on any atom is 0.0154 e. The summed E-state index contributed by atoms with van der Waals surface area (Å²) in [5.41, 5.74) is 8.38. The third kappa shape index (κ3) is 2.71. The first-order valence-electron chi connectivity index (χ1n) is 6.73. The lowest BCUT2D eigenvalue weighted by Gasteiger charge is -2.14. The highest BCUT2D eigenvalue weighted by molar-refractivity contribution is 7.99. The summed E-state index contributed by atoms with van der Waals surface area (Å²) in [6.07, 6.45) is 0. The predicted molar refractivity (Wildman–Crippen MR) is 85.4 cm³/mol. The molecule has 0 spiro atoms. The Morgan fingerprint density at radius 3 is 1.26 bits per heavy atom. The minimum atomic E-state index is 1.37. The van der Waals surface area contributed by atoms with Crippen LogP contribution in [-0.2, 0) is 0 Å². The molecule has 0 nitrogen and oxygen atoms in total. The fourth-order valence-corrected chi connectivity index (χ4v) is 3.32. The zero-order valence-electron chi connectivity index (χ0n) is 12.7. The van der Waals surface area contributed by atoms with E-state index >= 15 is 0 Å². The van der Waals surface area contributed by atoms with Crippen molar-refractivity contribution in [1.82, 2.24) is 0 Å². The molecule has 0 heterocycles. The first-order chi connectivity index (χ1) is 8.91. The van der Waals surface area contributed by atoms with Gasteiger partial charge in [-0.3, -0.25) is 0 Å². The van der Waals surface area contributed by atoms with Crippen molar-refractivity contribution in [2.45, 2.75) is 51.3 Å². The van der Waals surface area contributed by atoms with Crippen molar-refractivity contribution in [1.29, 1.82) is 0 Å². The highest BCUT2D eigenvalue weighted by atomic mass is 32.2. The summed E-state index contributed by atoms with van der Waals surface area (Å²) in [6, 6.07) is 8.94. The van der Waals surface area contributed by atoms with Crippen LogP contribution in [0.25, 0.3) is 0 Å². The molecule has 0 saturated heterocycles. The summed E-state index contributed by atoms with van der Waals surface area (Å²) >= 11 is 1.89. The second-order valence-corrected chi connectivity index (χ2v) is 6.45. The minimum Gasteiger partial charge on any atom is -0.0895 e. The van der Waals surface area contributed by atoms with E-state index in [1.807, 2.05) is 11.8 Å². The summed E-state index contributed by atoms with van der Waals surface area (Å²) in [6.45, 7) is 13.2. The van der Waals surface area contributed by atoms with Gasteiger partial charge >= 0.3 is 0 Å². The van der Waals surface area contributed by atoms with Crippen LogP contribution in [0.2, 0.25) is 0 Å². The van der Waals surface area contributed by atoms with Gasteiger partial charge in [0.2, 0.25) is 0 Å². The molecule has 0 aromatic heterocycles. The van der Waals surface area contributed by atoms with E-state index in [1.165, 1.54) is 43.2 Å². The van der Waals surface area contributed by atoms with E-state index in [2.05, 4.69) is 65.8 Å². The van der Waals surface area contributed by atoms with Gasteiger partial charge in [-0.1, -0.05) is 23.9 Å². The topological polar surface area (TPSA) is 0 Å².